The third-order valence-electron chi connectivity index (χ3n) is 12.5. The smallest absolute Gasteiger partial charge is 0.242 e. The van der Waals surface area contributed by atoms with Crippen LogP contribution in [0.3, 0.4) is 0 Å². The van der Waals surface area contributed by atoms with Crippen LogP contribution in [0.25, 0.3) is 0 Å². The largest absolute Gasteiger partial charge is 0.544 e. The van der Waals surface area contributed by atoms with Gasteiger partial charge in [0.05, 0.1) is 0 Å². The Balaban J connectivity index is 1.67. The molecule has 266 valence electrons. The van der Waals surface area contributed by atoms with Gasteiger partial charge in [-0.05, 0) is 144 Å². The third kappa shape index (κ3) is 5.51. The summed E-state index contributed by atoms with van der Waals surface area (Å²) < 4.78 is 14.2. The Morgan fingerprint density at radius 1 is 0.479 bits per heavy atom. The summed E-state index contributed by atoms with van der Waals surface area (Å²) in [6, 6.07) is 10.7. The van der Waals surface area contributed by atoms with Crippen molar-refractivity contribution in [2.75, 3.05) is 0 Å². The first-order valence-corrected chi connectivity index (χ1v) is 26.1. The van der Waals surface area contributed by atoms with Crippen molar-refractivity contribution in [1.82, 2.24) is 0 Å². The molecule has 4 atom stereocenters. The molecule has 0 aromatic heterocycles. The summed E-state index contributed by atoms with van der Waals surface area (Å²) in [6.07, 6.45) is 5.59. The van der Waals surface area contributed by atoms with E-state index in [4.69, 9.17) is 8.85 Å². The van der Waals surface area contributed by atoms with Crippen molar-refractivity contribution in [2.45, 2.75) is 181 Å². The van der Waals surface area contributed by atoms with Crippen LogP contribution in [0.4, 0.5) is 0 Å². The van der Waals surface area contributed by atoms with Crippen LogP contribution in [-0.4, -0.2) is 16.6 Å². The molecule has 4 bridgehead atoms. The SMILES string of the molecule is CC(C)(C)c1cc(C23C4CC5CC(C4)C2(c2cc(C(C)(C)C)c(O[Si](C)(C)C)c(C(C)(C)C)c2)C3C5)cc(C(C)(C)C)c1O[Si](C)(C)C. The molecule has 0 N–H and O–H groups in total. The van der Waals surface area contributed by atoms with Crippen LogP contribution < -0.4 is 8.85 Å². The Kier molecular flexibility index (Phi) is 7.95. The maximum absolute atomic E-state index is 7.10. The molecule has 4 unspecified atom stereocenters. The van der Waals surface area contributed by atoms with Gasteiger partial charge in [-0.3, -0.25) is 0 Å². The zero-order chi connectivity index (χ0) is 36.0. The van der Waals surface area contributed by atoms with Gasteiger partial charge in [0, 0.05) is 10.8 Å². The highest BCUT2D eigenvalue weighted by Gasteiger charge is 2.88. The van der Waals surface area contributed by atoms with E-state index in [2.05, 4.69) is 147 Å². The quantitative estimate of drug-likeness (QED) is 0.282. The lowest BCUT2D eigenvalue weighted by Crippen LogP contribution is -2.36. The molecule has 0 aliphatic heterocycles. The molecular weight excluding hydrogens is 617 g/mol. The Bertz CT molecular complexity index is 1420. The van der Waals surface area contributed by atoms with Gasteiger partial charge in [-0.15, -0.1) is 0 Å². The summed E-state index contributed by atoms with van der Waals surface area (Å²) in [5, 5.41) is 0. The van der Waals surface area contributed by atoms with Gasteiger partial charge < -0.3 is 8.85 Å². The molecule has 7 rings (SSSR count). The molecule has 48 heavy (non-hydrogen) atoms. The zero-order valence-corrected chi connectivity index (χ0v) is 36.3. The maximum atomic E-state index is 7.10. The van der Waals surface area contributed by atoms with Crippen molar-refractivity contribution in [3.05, 3.63) is 57.6 Å². The number of hydrogen-bond acceptors (Lipinski definition) is 2. The summed E-state index contributed by atoms with van der Waals surface area (Å²) in [4.78, 5) is 0. The first kappa shape index (κ1) is 36.3. The highest BCUT2D eigenvalue weighted by Crippen LogP contribution is 2.89. The van der Waals surface area contributed by atoms with Crippen LogP contribution >= 0.6 is 0 Å². The average Bonchev–Trinajstić information content (AvgIpc) is 3.43. The second-order valence-corrected chi connectivity index (χ2v) is 31.6. The lowest BCUT2D eigenvalue weighted by atomic mass is 9.62. The summed E-state index contributed by atoms with van der Waals surface area (Å²) in [5.41, 5.74) is 9.32. The van der Waals surface area contributed by atoms with Crippen LogP contribution in [0.1, 0.15) is 142 Å². The second kappa shape index (κ2) is 10.5. The van der Waals surface area contributed by atoms with Crippen molar-refractivity contribution in [2.24, 2.45) is 23.7 Å². The summed E-state index contributed by atoms with van der Waals surface area (Å²) in [5.74, 6) is 5.52. The van der Waals surface area contributed by atoms with Gasteiger partial charge in [0.1, 0.15) is 11.5 Å². The van der Waals surface area contributed by atoms with E-state index in [1.54, 1.807) is 11.1 Å². The van der Waals surface area contributed by atoms with E-state index in [1.807, 2.05) is 0 Å². The molecule has 2 aromatic rings. The molecule has 5 fully saturated rings. The van der Waals surface area contributed by atoms with Crippen LogP contribution in [0.2, 0.25) is 39.3 Å². The molecule has 0 heterocycles. The molecule has 2 aromatic carbocycles. The molecule has 0 spiro atoms. The van der Waals surface area contributed by atoms with Gasteiger partial charge in [-0.25, -0.2) is 0 Å². The molecule has 4 heteroatoms. The molecule has 0 amide bonds. The van der Waals surface area contributed by atoms with E-state index < -0.39 is 16.6 Å². The minimum absolute atomic E-state index is 0.0103. The van der Waals surface area contributed by atoms with Crippen LogP contribution in [0.5, 0.6) is 11.5 Å². The normalized spacial score (nSPS) is 30.1. The van der Waals surface area contributed by atoms with Crippen LogP contribution in [0, 0.1) is 23.7 Å². The van der Waals surface area contributed by atoms with Gasteiger partial charge in [0.2, 0.25) is 16.6 Å². The Morgan fingerprint density at radius 3 is 1.02 bits per heavy atom. The summed E-state index contributed by atoms with van der Waals surface area (Å²) >= 11 is 0. The second-order valence-electron chi connectivity index (χ2n) is 22.7. The molecule has 5 aliphatic rings. The lowest BCUT2D eigenvalue weighted by Gasteiger charge is -2.43. The minimum atomic E-state index is -1.85. The molecule has 2 nitrogen and oxygen atoms in total. The van der Waals surface area contributed by atoms with Gasteiger partial charge >= 0.3 is 0 Å². The van der Waals surface area contributed by atoms with Gasteiger partial charge in [0.25, 0.3) is 0 Å². The van der Waals surface area contributed by atoms with E-state index in [0.29, 0.717) is 0 Å². The van der Waals surface area contributed by atoms with E-state index in [-0.39, 0.29) is 32.5 Å². The monoisotopic (exact) mass is 686 g/mol. The average molecular weight is 687 g/mol. The molecule has 0 saturated heterocycles. The predicted molar refractivity (Wildman–Crippen MR) is 211 cm³/mol. The number of hydrogen-bond donors (Lipinski definition) is 0. The molecule has 5 aliphatic carbocycles. The Hall–Kier alpha value is -1.53. The van der Waals surface area contributed by atoms with E-state index in [9.17, 15) is 0 Å². The first-order chi connectivity index (χ1) is 21.5. The van der Waals surface area contributed by atoms with Gasteiger partial charge in [0.15, 0.2) is 0 Å². The number of rotatable bonds is 6. The van der Waals surface area contributed by atoms with Crippen LogP contribution in [-0.2, 0) is 32.5 Å². The van der Waals surface area contributed by atoms with Crippen molar-refractivity contribution in [3.8, 4) is 11.5 Å². The fourth-order valence-corrected chi connectivity index (χ4v) is 12.7. The van der Waals surface area contributed by atoms with E-state index in [0.717, 1.165) is 23.7 Å². The van der Waals surface area contributed by atoms with Gasteiger partial charge in [-0.1, -0.05) is 107 Å². The molecule has 0 radical (unpaired) electrons. The Labute approximate surface area is 297 Å². The zero-order valence-electron chi connectivity index (χ0n) is 34.3. The highest BCUT2D eigenvalue weighted by atomic mass is 28.4. The predicted octanol–water partition coefficient (Wildman–Crippen LogP) is 12.6. The topological polar surface area (TPSA) is 18.5 Å². The summed E-state index contributed by atoms with van der Waals surface area (Å²) in [6.45, 7) is 42.9. The van der Waals surface area contributed by atoms with Gasteiger partial charge in [-0.2, -0.15) is 0 Å². The number of benzene rings is 2. The first-order valence-electron chi connectivity index (χ1n) is 19.3. The fourth-order valence-electron chi connectivity index (χ4n) is 11.1. The highest BCUT2D eigenvalue weighted by molar-refractivity contribution is 6.70. The fraction of sp³-hybridized carbons (Fsp3) is 0.727. The maximum Gasteiger partial charge on any atom is 0.242 e. The third-order valence-corrected chi connectivity index (χ3v) is 14.2. The van der Waals surface area contributed by atoms with Crippen LogP contribution in [0.15, 0.2) is 24.3 Å². The Morgan fingerprint density at radius 2 is 0.771 bits per heavy atom. The van der Waals surface area contributed by atoms with Crippen molar-refractivity contribution < 1.29 is 8.85 Å². The minimum Gasteiger partial charge on any atom is -0.544 e. The standard InChI is InChI=1S/C44H70O2Si2/c1-39(2,3)32-23-30(24-33(40(4,5)6)37(32)45-47(13,14)15)43-28-19-27-20-29(22-28)44(43,36(43)21-27)31-25-34(41(7,8)9)38(46-48(16,17)18)35(26-31)42(10,11)12/h23-29,36H,19-22H2,1-18H3. The molecule has 5 saturated carbocycles. The van der Waals surface area contributed by atoms with Crippen molar-refractivity contribution in [1.29, 1.82) is 0 Å². The lowest BCUT2D eigenvalue weighted by molar-refractivity contribution is 0.111. The van der Waals surface area contributed by atoms with E-state index in [1.165, 1.54) is 59.4 Å². The molecular formula is C44H70O2Si2. The summed E-state index contributed by atoms with van der Waals surface area (Å²) in [7, 11) is -3.70. The van der Waals surface area contributed by atoms with Crippen molar-refractivity contribution >= 4 is 16.6 Å². The van der Waals surface area contributed by atoms with Crippen molar-refractivity contribution in [3.63, 3.8) is 0 Å². The van der Waals surface area contributed by atoms with E-state index >= 15 is 0 Å².